The highest BCUT2D eigenvalue weighted by molar-refractivity contribution is 9.10. The molecule has 1 amide bonds. The number of nitrogens with one attached hydrogen (secondary N) is 1. The summed E-state index contributed by atoms with van der Waals surface area (Å²) in [6.07, 6.45) is 3.37. The molecule has 4 rings (SSSR count). The maximum atomic E-state index is 13.0. The minimum atomic E-state index is -0.348. The third-order valence-electron chi connectivity index (χ3n) is 4.88. The molecule has 0 atom stereocenters. The van der Waals surface area contributed by atoms with E-state index in [0.717, 1.165) is 15.6 Å². The Morgan fingerprint density at radius 1 is 0.935 bits per heavy atom. The first-order valence-electron chi connectivity index (χ1n) is 9.78. The predicted octanol–water partition coefficient (Wildman–Crippen LogP) is 5.49. The number of halogens is 1. The van der Waals surface area contributed by atoms with E-state index in [1.165, 1.54) is 0 Å². The van der Waals surface area contributed by atoms with Gasteiger partial charge in [-0.25, -0.2) is 0 Å². The number of amides is 1. The lowest BCUT2D eigenvalue weighted by Crippen LogP contribution is -2.16. The summed E-state index contributed by atoms with van der Waals surface area (Å²) >= 11 is 3.42. The van der Waals surface area contributed by atoms with Gasteiger partial charge in [0, 0.05) is 21.8 Å². The Kier molecular flexibility index (Phi) is 6.09. The Hall–Kier alpha value is -3.51. The van der Waals surface area contributed by atoms with Gasteiger partial charge >= 0.3 is 0 Å². The number of carbonyl (C=O) groups is 2. The topological polar surface area (TPSA) is 64.0 Å². The third-order valence-corrected chi connectivity index (χ3v) is 5.41. The van der Waals surface area contributed by atoms with Crippen molar-refractivity contribution in [1.82, 2.24) is 9.78 Å². The molecule has 1 heterocycles. The molecule has 0 fully saturated rings. The van der Waals surface area contributed by atoms with Crippen molar-refractivity contribution in [2.24, 2.45) is 0 Å². The molecule has 0 saturated carbocycles. The van der Waals surface area contributed by atoms with Gasteiger partial charge in [0.2, 0.25) is 0 Å². The molecular formula is C25H20BrN3O2. The lowest BCUT2D eigenvalue weighted by atomic mass is 9.97. The number of rotatable bonds is 6. The molecule has 6 heteroatoms. The van der Waals surface area contributed by atoms with Crippen LogP contribution >= 0.6 is 15.9 Å². The highest BCUT2D eigenvalue weighted by Crippen LogP contribution is 2.18. The summed E-state index contributed by atoms with van der Waals surface area (Å²) in [5, 5.41) is 7.16. The average molecular weight is 474 g/mol. The fourth-order valence-corrected chi connectivity index (χ4v) is 3.49. The Morgan fingerprint density at radius 2 is 1.61 bits per heavy atom. The van der Waals surface area contributed by atoms with Crippen LogP contribution < -0.4 is 5.32 Å². The quantitative estimate of drug-likeness (QED) is 0.376. The van der Waals surface area contributed by atoms with E-state index < -0.39 is 0 Å². The van der Waals surface area contributed by atoms with Crippen molar-refractivity contribution in [3.05, 3.63) is 117 Å². The van der Waals surface area contributed by atoms with E-state index in [0.29, 0.717) is 28.9 Å². The Labute approximate surface area is 188 Å². The normalized spacial score (nSPS) is 10.6. The van der Waals surface area contributed by atoms with Crippen molar-refractivity contribution in [3.63, 3.8) is 0 Å². The van der Waals surface area contributed by atoms with Crippen LogP contribution in [-0.2, 0) is 6.54 Å². The number of benzene rings is 3. The molecule has 5 nitrogen and oxygen atoms in total. The van der Waals surface area contributed by atoms with E-state index in [9.17, 15) is 9.59 Å². The molecule has 0 aliphatic carbocycles. The number of carbonyl (C=O) groups excluding carboxylic acids is 2. The van der Waals surface area contributed by atoms with Gasteiger partial charge in [0.1, 0.15) is 0 Å². The zero-order valence-corrected chi connectivity index (χ0v) is 18.5. The summed E-state index contributed by atoms with van der Waals surface area (Å²) in [5.74, 6) is -0.532. The van der Waals surface area contributed by atoms with Crippen LogP contribution in [0.3, 0.4) is 0 Å². The first-order valence-corrected chi connectivity index (χ1v) is 10.6. The Bertz CT molecular complexity index is 1230. The monoisotopic (exact) mass is 473 g/mol. The molecule has 0 radical (unpaired) electrons. The van der Waals surface area contributed by atoms with Gasteiger partial charge in [-0.05, 0) is 30.7 Å². The van der Waals surface area contributed by atoms with Gasteiger partial charge in [-0.1, -0.05) is 76.1 Å². The third kappa shape index (κ3) is 4.98. The van der Waals surface area contributed by atoms with Crippen LogP contribution in [0.25, 0.3) is 0 Å². The molecule has 4 aromatic rings. The molecule has 3 aromatic carbocycles. The maximum absolute atomic E-state index is 13.0. The van der Waals surface area contributed by atoms with Gasteiger partial charge in [-0.2, -0.15) is 5.10 Å². The van der Waals surface area contributed by atoms with E-state index >= 15 is 0 Å². The summed E-state index contributed by atoms with van der Waals surface area (Å²) < 4.78 is 2.77. The summed E-state index contributed by atoms with van der Waals surface area (Å²) in [7, 11) is 0. The standard InChI is InChI=1S/C25H20BrN3O2/c1-17-6-10-19(11-7-17)24(30)22-4-2-3-5-23(22)25(31)28-21-14-27-29(16-21)15-18-8-12-20(26)13-9-18/h2-14,16H,15H2,1H3,(H,28,31). The summed E-state index contributed by atoms with van der Waals surface area (Å²) in [4.78, 5) is 25.9. The molecule has 0 spiro atoms. The van der Waals surface area contributed by atoms with Gasteiger partial charge in [0.15, 0.2) is 5.78 Å². The largest absolute Gasteiger partial charge is 0.319 e. The zero-order valence-electron chi connectivity index (χ0n) is 16.9. The molecule has 1 N–H and O–H groups in total. The number of hydrogen-bond donors (Lipinski definition) is 1. The van der Waals surface area contributed by atoms with Crippen LogP contribution in [0.2, 0.25) is 0 Å². The number of aromatic nitrogens is 2. The lowest BCUT2D eigenvalue weighted by molar-refractivity contribution is 0.0996. The molecule has 31 heavy (non-hydrogen) atoms. The van der Waals surface area contributed by atoms with Crippen LogP contribution in [0.15, 0.2) is 89.7 Å². The fourth-order valence-electron chi connectivity index (χ4n) is 3.23. The summed E-state index contributed by atoms with van der Waals surface area (Å²) in [5.41, 5.74) is 3.98. The van der Waals surface area contributed by atoms with Crippen molar-refractivity contribution in [1.29, 1.82) is 0 Å². The molecule has 0 unspecified atom stereocenters. The van der Waals surface area contributed by atoms with Crippen LogP contribution in [0.1, 0.15) is 37.4 Å². The SMILES string of the molecule is Cc1ccc(C(=O)c2ccccc2C(=O)Nc2cnn(Cc3ccc(Br)cc3)c2)cc1. The molecular weight excluding hydrogens is 454 g/mol. The molecule has 0 aliphatic rings. The van der Waals surface area contributed by atoms with Gasteiger partial charge in [0.25, 0.3) is 5.91 Å². The van der Waals surface area contributed by atoms with Crippen LogP contribution in [0, 0.1) is 6.92 Å². The smallest absolute Gasteiger partial charge is 0.256 e. The average Bonchev–Trinajstić information content (AvgIpc) is 3.22. The zero-order chi connectivity index (χ0) is 21.8. The highest BCUT2D eigenvalue weighted by Gasteiger charge is 2.18. The van der Waals surface area contributed by atoms with Crippen molar-refractivity contribution < 1.29 is 9.59 Å². The van der Waals surface area contributed by atoms with E-state index in [-0.39, 0.29) is 11.7 Å². The van der Waals surface area contributed by atoms with Crippen molar-refractivity contribution in [2.45, 2.75) is 13.5 Å². The number of nitrogens with zero attached hydrogens (tertiary/aromatic N) is 2. The second-order valence-corrected chi connectivity index (χ2v) is 8.16. The minimum Gasteiger partial charge on any atom is -0.319 e. The maximum Gasteiger partial charge on any atom is 0.256 e. The second-order valence-electron chi connectivity index (χ2n) is 7.25. The number of hydrogen-bond acceptors (Lipinski definition) is 3. The number of aryl methyl sites for hydroxylation is 1. The fraction of sp³-hybridized carbons (Fsp3) is 0.0800. The Balaban J connectivity index is 1.50. The Morgan fingerprint density at radius 3 is 2.32 bits per heavy atom. The van der Waals surface area contributed by atoms with Gasteiger partial charge in [-0.15, -0.1) is 0 Å². The molecule has 154 valence electrons. The summed E-state index contributed by atoms with van der Waals surface area (Å²) in [6.45, 7) is 2.55. The van der Waals surface area contributed by atoms with Crippen LogP contribution in [0.4, 0.5) is 5.69 Å². The lowest BCUT2D eigenvalue weighted by Gasteiger charge is -2.09. The van der Waals surface area contributed by atoms with E-state index in [1.54, 1.807) is 53.5 Å². The van der Waals surface area contributed by atoms with E-state index in [4.69, 9.17) is 0 Å². The summed E-state index contributed by atoms with van der Waals surface area (Å²) in [6, 6.07) is 22.1. The minimum absolute atomic E-state index is 0.184. The van der Waals surface area contributed by atoms with Crippen molar-refractivity contribution in [2.75, 3.05) is 5.32 Å². The van der Waals surface area contributed by atoms with Gasteiger partial charge < -0.3 is 5.32 Å². The first kappa shape index (κ1) is 20.8. The van der Waals surface area contributed by atoms with Gasteiger partial charge in [-0.3, -0.25) is 14.3 Å². The molecule has 0 bridgehead atoms. The van der Waals surface area contributed by atoms with E-state index in [1.807, 2.05) is 43.3 Å². The number of anilines is 1. The number of ketones is 1. The molecule has 0 saturated heterocycles. The van der Waals surface area contributed by atoms with Crippen LogP contribution in [-0.4, -0.2) is 21.5 Å². The van der Waals surface area contributed by atoms with E-state index in [2.05, 4.69) is 26.3 Å². The highest BCUT2D eigenvalue weighted by atomic mass is 79.9. The van der Waals surface area contributed by atoms with Crippen molar-refractivity contribution >= 4 is 33.3 Å². The molecule has 1 aromatic heterocycles. The second kappa shape index (κ2) is 9.10. The molecule has 0 aliphatic heterocycles. The van der Waals surface area contributed by atoms with Crippen LogP contribution in [0.5, 0.6) is 0 Å². The van der Waals surface area contributed by atoms with Crippen molar-refractivity contribution in [3.8, 4) is 0 Å². The predicted molar refractivity (Wildman–Crippen MR) is 124 cm³/mol. The van der Waals surface area contributed by atoms with Gasteiger partial charge in [0.05, 0.1) is 24.0 Å². The first-order chi connectivity index (χ1) is 15.0.